The van der Waals surface area contributed by atoms with E-state index in [0.29, 0.717) is 22.7 Å². The maximum absolute atomic E-state index is 12.7. The van der Waals surface area contributed by atoms with Gasteiger partial charge in [-0.25, -0.2) is 8.42 Å². The number of aryl methyl sites for hydroxylation is 1. The van der Waals surface area contributed by atoms with Gasteiger partial charge in [-0.1, -0.05) is 24.6 Å². The van der Waals surface area contributed by atoms with Crippen molar-refractivity contribution < 1.29 is 17.9 Å². The molecule has 0 saturated carbocycles. The molecular formula is C15H16ClNO4S2. The first-order chi connectivity index (χ1) is 10.8. The molecule has 8 heteroatoms. The molecule has 0 atom stereocenters. The van der Waals surface area contributed by atoms with E-state index in [1.165, 1.54) is 24.3 Å². The lowest BCUT2D eigenvalue weighted by Gasteiger charge is -2.13. The highest BCUT2D eigenvalue weighted by Crippen LogP contribution is 2.38. The van der Waals surface area contributed by atoms with Gasteiger partial charge in [0, 0.05) is 11.9 Å². The smallest absolute Gasteiger partial charge is 0.308 e. The van der Waals surface area contributed by atoms with Gasteiger partial charge in [-0.15, -0.1) is 11.3 Å². The zero-order chi connectivity index (χ0) is 17.2. The number of hydrogen-bond donors (Lipinski definition) is 1. The molecule has 1 heterocycles. The number of hydrogen-bond acceptors (Lipinski definition) is 5. The standard InChI is InChI=1S/C15H16ClNO4S2/c1-4-11-8-22-15(21-10(3)18)14(11)17-23(19,20)13-7-5-6-12(16)9(13)2/h5-8,17H,4H2,1-3H3. The molecule has 2 rings (SSSR count). The number of halogens is 1. The van der Waals surface area contributed by atoms with Crippen LogP contribution in [-0.2, 0) is 21.2 Å². The number of rotatable bonds is 5. The van der Waals surface area contributed by atoms with E-state index in [4.69, 9.17) is 16.3 Å². The Balaban J connectivity index is 2.47. The highest BCUT2D eigenvalue weighted by molar-refractivity contribution is 7.92. The molecule has 0 spiro atoms. The number of nitrogens with one attached hydrogen (secondary N) is 1. The lowest BCUT2D eigenvalue weighted by atomic mass is 10.2. The van der Waals surface area contributed by atoms with E-state index in [1.807, 2.05) is 6.92 Å². The Morgan fingerprint density at radius 1 is 1.39 bits per heavy atom. The van der Waals surface area contributed by atoms with Crippen molar-refractivity contribution in [3.05, 3.63) is 39.7 Å². The van der Waals surface area contributed by atoms with Gasteiger partial charge < -0.3 is 4.74 Å². The van der Waals surface area contributed by atoms with Crippen LogP contribution in [0.5, 0.6) is 5.06 Å². The Hall–Kier alpha value is -1.57. The van der Waals surface area contributed by atoms with Crippen LogP contribution in [-0.4, -0.2) is 14.4 Å². The molecule has 0 fully saturated rings. The fraction of sp³-hybridized carbons (Fsp3) is 0.267. The van der Waals surface area contributed by atoms with Crippen molar-refractivity contribution in [2.24, 2.45) is 0 Å². The maximum atomic E-state index is 12.7. The van der Waals surface area contributed by atoms with E-state index in [9.17, 15) is 13.2 Å². The van der Waals surface area contributed by atoms with Crippen molar-refractivity contribution >= 4 is 44.6 Å². The summed E-state index contributed by atoms with van der Waals surface area (Å²) in [7, 11) is -3.85. The van der Waals surface area contributed by atoms with Crippen molar-refractivity contribution in [1.29, 1.82) is 0 Å². The third-order valence-electron chi connectivity index (χ3n) is 3.19. The van der Waals surface area contributed by atoms with Gasteiger partial charge in [-0.3, -0.25) is 9.52 Å². The van der Waals surface area contributed by atoms with Gasteiger partial charge in [0.1, 0.15) is 5.69 Å². The SMILES string of the molecule is CCc1csc(OC(C)=O)c1NS(=O)(=O)c1cccc(Cl)c1C. The summed E-state index contributed by atoms with van der Waals surface area (Å²) in [5.74, 6) is -0.506. The Kier molecular flexibility index (Phi) is 5.33. The molecule has 1 aromatic heterocycles. The molecule has 0 saturated heterocycles. The van der Waals surface area contributed by atoms with Crippen LogP contribution < -0.4 is 9.46 Å². The monoisotopic (exact) mass is 373 g/mol. The average molecular weight is 374 g/mol. The molecule has 0 aliphatic rings. The van der Waals surface area contributed by atoms with Crippen LogP contribution in [0.2, 0.25) is 5.02 Å². The number of carbonyl (C=O) groups excluding carboxylic acids is 1. The minimum atomic E-state index is -3.85. The first kappa shape index (κ1) is 17.8. The summed E-state index contributed by atoms with van der Waals surface area (Å²) in [5.41, 5.74) is 1.52. The van der Waals surface area contributed by atoms with Crippen LogP contribution in [0, 0.1) is 6.92 Å². The number of anilines is 1. The summed E-state index contributed by atoms with van der Waals surface area (Å²) in [6.07, 6.45) is 0.601. The maximum Gasteiger partial charge on any atom is 0.308 e. The number of sulfonamides is 1. The van der Waals surface area contributed by atoms with Crippen molar-refractivity contribution in [3.8, 4) is 5.06 Å². The predicted octanol–water partition coefficient (Wildman–Crippen LogP) is 4.00. The summed E-state index contributed by atoms with van der Waals surface area (Å²) in [6, 6.07) is 4.68. The lowest BCUT2D eigenvalue weighted by molar-refractivity contribution is -0.131. The van der Waals surface area contributed by atoms with Crippen LogP contribution in [0.3, 0.4) is 0 Å². The highest BCUT2D eigenvalue weighted by Gasteiger charge is 2.23. The lowest BCUT2D eigenvalue weighted by Crippen LogP contribution is -2.16. The predicted molar refractivity (Wildman–Crippen MR) is 92.0 cm³/mol. The van der Waals surface area contributed by atoms with Gasteiger partial charge >= 0.3 is 5.97 Å². The second-order valence-corrected chi connectivity index (χ2v) is 7.74. The van der Waals surface area contributed by atoms with Crippen LogP contribution in [0.15, 0.2) is 28.5 Å². The van der Waals surface area contributed by atoms with Crippen LogP contribution in [0.4, 0.5) is 5.69 Å². The summed E-state index contributed by atoms with van der Waals surface area (Å²) >= 11 is 7.18. The first-order valence-electron chi connectivity index (χ1n) is 6.83. The summed E-state index contributed by atoms with van der Waals surface area (Å²) in [5, 5.41) is 2.37. The molecule has 1 aromatic carbocycles. The fourth-order valence-electron chi connectivity index (χ4n) is 2.01. The third kappa shape index (κ3) is 3.85. The molecule has 0 amide bonds. The Labute approximate surface area is 144 Å². The molecule has 124 valence electrons. The molecule has 1 N–H and O–H groups in total. The normalized spacial score (nSPS) is 11.3. The van der Waals surface area contributed by atoms with Gasteiger partial charge in [0.05, 0.1) is 4.90 Å². The zero-order valence-electron chi connectivity index (χ0n) is 12.8. The Bertz CT molecular complexity index is 843. The van der Waals surface area contributed by atoms with Crippen LogP contribution in [0.1, 0.15) is 25.0 Å². The molecule has 23 heavy (non-hydrogen) atoms. The number of esters is 1. The van der Waals surface area contributed by atoms with Gasteiger partial charge in [0.15, 0.2) is 0 Å². The van der Waals surface area contributed by atoms with Gasteiger partial charge in [0.2, 0.25) is 5.06 Å². The van der Waals surface area contributed by atoms with Gasteiger partial charge in [0.25, 0.3) is 10.0 Å². The molecule has 0 aliphatic carbocycles. The van der Waals surface area contributed by atoms with Gasteiger partial charge in [-0.2, -0.15) is 0 Å². The van der Waals surface area contributed by atoms with E-state index >= 15 is 0 Å². The molecule has 0 radical (unpaired) electrons. The number of thiophene rings is 1. The molecule has 5 nitrogen and oxygen atoms in total. The van der Waals surface area contributed by atoms with Crippen molar-refractivity contribution in [2.45, 2.75) is 32.1 Å². The van der Waals surface area contributed by atoms with Crippen molar-refractivity contribution in [2.75, 3.05) is 4.72 Å². The average Bonchev–Trinajstić information content (AvgIpc) is 2.82. The second kappa shape index (κ2) is 6.90. The summed E-state index contributed by atoms with van der Waals surface area (Å²) < 4.78 is 33.0. The molecule has 0 unspecified atom stereocenters. The van der Waals surface area contributed by atoms with Crippen molar-refractivity contribution in [1.82, 2.24) is 0 Å². The Morgan fingerprint density at radius 3 is 2.70 bits per heavy atom. The van der Waals surface area contributed by atoms with E-state index in [1.54, 1.807) is 24.4 Å². The van der Waals surface area contributed by atoms with Crippen LogP contribution >= 0.6 is 22.9 Å². The Morgan fingerprint density at radius 2 is 2.09 bits per heavy atom. The van der Waals surface area contributed by atoms with E-state index in [2.05, 4.69) is 4.72 Å². The van der Waals surface area contributed by atoms with E-state index < -0.39 is 16.0 Å². The third-order valence-corrected chi connectivity index (χ3v) is 6.00. The van der Waals surface area contributed by atoms with E-state index in [-0.39, 0.29) is 9.96 Å². The number of carbonyl (C=O) groups is 1. The fourth-order valence-corrected chi connectivity index (χ4v) is 4.68. The first-order valence-corrected chi connectivity index (χ1v) is 9.57. The molecule has 0 bridgehead atoms. The molecular weight excluding hydrogens is 358 g/mol. The van der Waals surface area contributed by atoms with Crippen molar-refractivity contribution in [3.63, 3.8) is 0 Å². The highest BCUT2D eigenvalue weighted by atomic mass is 35.5. The zero-order valence-corrected chi connectivity index (χ0v) is 15.2. The molecule has 2 aromatic rings. The second-order valence-electron chi connectivity index (χ2n) is 4.84. The topological polar surface area (TPSA) is 72.5 Å². The molecule has 0 aliphatic heterocycles. The minimum absolute atomic E-state index is 0.0898. The van der Waals surface area contributed by atoms with Crippen LogP contribution in [0.25, 0.3) is 0 Å². The number of ether oxygens (including phenoxy) is 1. The van der Waals surface area contributed by atoms with E-state index in [0.717, 1.165) is 5.56 Å². The quantitative estimate of drug-likeness (QED) is 0.804. The summed E-state index contributed by atoms with van der Waals surface area (Å²) in [4.78, 5) is 11.3. The summed E-state index contributed by atoms with van der Waals surface area (Å²) in [6.45, 7) is 4.80. The minimum Gasteiger partial charge on any atom is -0.413 e. The largest absolute Gasteiger partial charge is 0.413 e. The van der Waals surface area contributed by atoms with Gasteiger partial charge in [-0.05, 0) is 42.0 Å². The number of benzene rings is 1.